The van der Waals surface area contributed by atoms with E-state index in [2.05, 4.69) is 11.4 Å². The summed E-state index contributed by atoms with van der Waals surface area (Å²) in [5, 5.41) is 11.5. The Kier molecular flexibility index (Phi) is 3.19. The van der Waals surface area contributed by atoms with Crippen molar-refractivity contribution in [3.8, 4) is 0 Å². The van der Waals surface area contributed by atoms with E-state index in [0.717, 1.165) is 4.88 Å². The number of amides is 1. The van der Waals surface area contributed by atoms with Gasteiger partial charge in [-0.2, -0.15) is 0 Å². The van der Waals surface area contributed by atoms with Crippen molar-refractivity contribution in [3.63, 3.8) is 0 Å². The molecule has 17 heavy (non-hydrogen) atoms. The maximum Gasteiger partial charge on any atom is 0.307 e. The first-order chi connectivity index (χ1) is 7.99. The van der Waals surface area contributed by atoms with Gasteiger partial charge in [0.2, 0.25) is 5.91 Å². The van der Waals surface area contributed by atoms with E-state index >= 15 is 0 Å². The van der Waals surface area contributed by atoms with Crippen molar-refractivity contribution < 1.29 is 14.7 Å². The van der Waals surface area contributed by atoms with E-state index in [-0.39, 0.29) is 11.8 Å². The molecule has 2 atom stereocenters. The first-order valence-corrected chi connectivity index (χ1v) is 6.37. The quantitative estimate of drug-likeness (QED) is 0.858. The van der Waals surface area contributed by atoms with E-state index in [1.165, 1.54) is 10.4 Å². The molecule has 0 aliphatic heterocycles. The number of hydrogen-bond acceptors (Lipinski definition) is 3. The van der Waals surface area contributed by atoms with Crippen LogP contribution in [0.2, 0.25) is 0 Å². The molecule has 92 valence electrons. The van der Waals surface area contributed by atoms with Crippen LogP contribution >= 0.6 is 11.3 Å². The van der Waals surface area contributed by atoms with Crippen LogP contribution in [0.4, 0.5) is 0 Å². The standard InChI is InChI=1S/C12H15NO3S/c1-6-3-8(17-7(6)2)5-13-11(14)9-4-10(9)12(15)16/h3,9-10H,4-5H2,1-2H3,(H,13,14)(H,15,16). The second-order valence-corrected chi connectivity index (χ2v) is 5.80. The minimum Gasteiger partial charge on any atom is -0.481 e. The number of thiophene rings is 1. The third-order valence-corrected chi connectivity index (χ3v) is 4.25. The Morgan fingerprint density at radius 1 is 1.47 bits per heavy atom. The number of nitrogens with one attached hydrogen (secondary N) is 1. The highest BCUT2D eigenvalue weighted by Crippen LogP contribution is 2.38. The van der Waals surface area contributed by atoms with Crippen LogP contribution in [-0.4, -0.2) is 17.0 Å². The van der Waals surface area contributed by atoms with Crippen molar-refractivity contribution in [3.05, 3.63) is 21.4 Å². The van der Waals surface area contributed by atoms with Gasteiger partial charge in [-0.25, -0.2) is 0 Å². The van der Waals surface area contributed by atoms with E-state index in [1.807, 2.05) is 13.8 Å². The van der Waals surface area contributed by atoms with Crippen LogP contribution in [0, 0.1) is 25.7 Å². The largest absolute Gasteiger partial charge is 0.481 e. The minimum atomic E-state index is -0.868. The van der Waals surface area contributed by atoms with Crippen molar-refractivity contribution in [2.24, 2.45) is 11.8 Å². The number of carbonyl (C=O) groups excluding carboxylic acids is 1. The molecule has 5 heteroatoms. The number of carboxylic acids is 1. The van der Waals surface area contributed by atoms with Gasteiger partial charge >= 0.3 is 5.97 Å². The number of aliphatic carboxylic acids is 1. The number of aryl methyl sites for hydroxylation is 2. The Hall–Kier alpha value is -1.36. The Morgan fingerprint density at radius 3 is 2.65 bits per heavy atom. The molecule has 2 unspecified atom stereocenters. The summed E-state index contributed by atoms with van der Waals surface area (Å²) in [6.45, 7) is 4.59. The van der Waals surface area contributed by atoms with Gasteiger partial charge < -0.3 is 10.4 Å². The summed E-state index contributed by atoms with van der Waals surface area (Å²) in [6.07, 6.45) is 0.476. The van der Waals surface area contributed by atoms with Crippen LogP contribution in [0.1, 0.15) is 21.7 Å². The highest BCUT2D eigenvalue weighted by Gasteiger charge is 2.48. The zero-order chi connectivity index (χ0) is 12.6. The van der Waals surface area contributed by atoms with Gasteiger partial charge in [-0.05, 0) is 31.9 Å². The summed E-state index contributed by atoms with van der Waals surface area (Å²) in [7, 11) is 0. The molecule has 1 amide bonds. The second-order valence-electron chi connectivity index (χ2n) is 4.46. The van der Waals surface area contributed by atoms with Crippen molar-refractivity contribution in [1.29, 1.82) is 0 Å². The second kappa shape index (κ2) is 4.49. The minimum absolute atomic E-state index is 0.138. The lowest BCUT2D eigenvalue weighted by atomic mass is 10.2. The molecule has 0 spiro atoms. The highest BCUT2D eigenvalue weighted by molar-refractivity contribution is 7.12. The van der Waals surface area contributed by atoms with Crippen LogP contribution < -0.4 is 5.32 Å². The molecule has 0 radical (unpaired) electrons. The molecule has 0 bridgehead atoms. The summed E-state index contributed by atoms with van der Waals surface area (Å²) in [5.41, 5.74) is 1.23. The zero-order valence-corrected chi connectivity index (χ0v) is 10.6. The summed E-state index contributed by atoms with van der Waals surface area (Å²) in [5.74, 6) is -1.80. The Morgan fingerprint density at radius 2 is 2.18 bits per heavy atom. The SMILES string of the molecule is Cc1cc(CNC(=O)C2CC2C(=O)O)sc1C. The summed E-state index contributed by atoms with van der Waals surface area (Å²) in [4.78, 5) is 24.6. The van der Waals surface area contributed by atoms with Crippen LogP contribution in [-0.2, 0) is 16.1 Å². The topological polar surface area (TPSA) is 66.4 Å². The van der Waals surface area contributed by atoms with E-state index in [4.69, 9.17) is 5.11 Å². The number of carbonyl (C=O) groups is 2. The maximum absolute atomic E-state index is 11.6. The third-order valence-electron chi connectivity index (χ3n) is 3.10. The molecule has 1 aliphatic rings. The molecule has 2 rings (SSSR count). The van der Waals surface area contributed by atoms with Crippen LogP contribution in [0.15, 0.2) is 6.07 Å². The lowest BCUT2D eigenvalue weighted by Crippen LogP contribution is -2.25. The zero-order valence-electron chi connectivity index (χ0n) is 9.82. The van der Waals surface area contributed by atoms with Crippen LogP contribution in [0.3, 0.4) is 0 Å². The van der Waals surface area contributed by atoms with Gasteiger partial charge in [-0.3, -0.25) is 9.59 Å². The van der Waals surface area contributed by atoms with E-state index in [9.17, 15) is 9.59 Å². The molecular weight excluding hydrogens is 238 g/mol. The number of rotatable bonds is 4. The lowest BCUT2D eigenvalue weighted by molar-refractivity contribution is -0.140. The van der Waals surface area contributed by atoms with Gasteiger partial charge in [-0.1, -0.05) is 0 Å². The van der Waals surface area contributed by atoms with Crippen molar-refractivity contribution in [2.45, 2.75) is 26.8 Å². The number of carboxylic acid groups (broad SMARTS) is 1. The van der Waals surface area contributed by atoms with Crippen LogP contribution in [0.5, 0.6) is 0 Å². The van der Waals surface area contributed by atoms with E-state index < -0.39 is 11.9 Å². The molecule has 1 heterocycles. The Bertz CT molecular complexity index is 447. The lowest BCUT2D eigenvalue weighted by Gasteiger charge is -2.01. The first-order valence-electron chi connectivity index (χ1n) is 5.55. The first kappa shape index (κ1) is 12.1. The average Bonchev–Trinajstić information content (AvgIpc) is 2.99. The molecule has 4 nitrogen and oxygen atoms in total. The fourth-order valence-electron chi connectivity index (χ4n) is 1.80. The van der Waals surface area contributed by atoms with Gasteiger partial charge in [0.15, 0.2) is 0 Å². The summed E-state index contributed by atoms with van der Waals surface area (Å²) in [6, 6.07) is 2.06. The van der Waals surface area contributed by atoms with E-state index in [1.54, 1.807) is 11.3 Å². The maximum atomic E-state index is 11.6. The molecule has 1 saturated carbocycles. The predicted molar refractivity (Wildman–Crippen MR) is 64.9 cm³/mol. The highest BCUT2D eigenvalue weighted by atomic mass is 32.1. The number of hydrogen-bond donors (Lipinski definition) is 2. The fraction of sp³-hybridized carbons (Fsp3) is 0.500. The van der Waals surface area contributed by atoms with Crippen molar-refractivity contribution in [2.75, 3.05) is 0 Å². The van der Waals surface area contributed by atoms with Gasteiger partial charge in [0.1, 0.15) is 0 Å². The Balaban J connectivity index is 1.83. The Labute approximate surface area is 104 Å². The molecule has 0 saturated heterocycles. The molecular formula is C12H15NO3S. The molecule has 1 fully saturated rings. The molecule has 1 aromatic rings. The average molecular weight is 253 g/mol. The molecule has 0 aromatic carbocycles. The molecule has 1 aliphatic carbocycles. The normalized spacial score (nSPS) is 22.2. The smallest absolute Gasteiger partial charge is 0.307 e. The van der Waals surface area contributed by atoms with Gasteiger partial charge in [0, 0.05) is 9.75 Å². The van der Waals surface area contributed by atoms with Crippen molar-refractivity contribution in [1.82, 2.24) is 5.32 Å². The summed E-state index contributed by atoms with van der Waals surface area (Å²) >= 11 is 1.66. The third kappa shape index (κ3) is 2.66. The fourth-order valence-corrected chi connectivity index (χ4v) is 2.79. The molecule has 2 N–H and O–H groups in total. The predicted octanol–water partition coefficient (Wildman–Crippen LogP) is 1.70. The van der Waals surface area contributed by atoms with E-state index in [0.29, 0.717) is 13.0 Å². The van der Waals surface area contributed by atoms with Gasteiger partial charge in [0.25, 0.3) is 0 Å². The van der Waals surface area contributed by atoms with Crippen molar-refractivity contribution >= 4 is 23.2 Å². The summed E-state index contributed by atoms with van der Waals surface area (Å²) < 4.78 is 0. The van der Waals surface area contributed by atoms with Gasteiger partial charge in [0.05, 0.1) is 18.4 Å². The molecule has 1 aromatic heterocycles. The van der Waals surface area contributed by atoms with Gasteiger partial charge in [-0.15, -0.1) is 11.3 Å². The van der Waals surface area contributed by atoms with Crippen LogP contribution in [0.25, 0.3) is 0 Å². The monoisotopic (exact) mass is 253 g/mol.